The van der Waals surface area contributed by atoms with Gasteiger partial charge in [0.2, 0.25) is 0 Å². The van der Waals surface area contributed by atoms with E-state index in [2.05, 4.69) is 20.3 Å². The van der Waals surface area contributed by atoms with Crippen LogP contribution in [0.1, 0.15) is 17.6 Å². The average molecular weight is 477 g/mol. The van der Waals surface area contributed by atoms with Crippen molar-refractivity contribution in [1.29, 1.82) is 0 Å². The van der Waals surface area contributed by atoms with Crippen LogP contribution in [0.5, 0.6) is 5.75 Å². The highest BCUT2D eigenvalue weighted by Crippen LogP contribution is 2.38. The Bertz CT molecular complexity index is 1550. The van der Waals surface area contributed by atoms with E-state index in [0.29, 0.717) is 34.9 Å². The number of carbonyl (C=O) groups excluding carboxylic acids is 1. The van der Waals surface area contributed by atoms with Gasteiger partial charge in [0.15, 0.2) is 6.61 Å². The van der Waals surface area contributed by atoms with Crippen LogP contribution in [0.3, 0.4) is 0 Å². The molecule has 5 rings (SSSR count). The summed E-state index contributed by atoms with van der Waals surface area (Å²) in [5, 5.41) is 6.81. The Balaban J connectivity index is 1.33. The zero-order chi connectivity index (χ0) is 22.9. The SMILES string of the molecule is CCc1cc(=O)[nH]c(-c2cccc(NC(=O)COc3cc4sc(C)nc4c4sccc34)c2)n1. The van der Waals surface area contributed by atoms with Gasteiger partial charge >= 0.3 is 0 Å². The van der Waals surface area contributed by atoms with E-state index in [0.717, 1.165) is 25.3 Å². The minimum absolute atomic E-state index is 0.126. The van der Waals surface area contributed by atoms with Crippen LogP contribution >= 0.6 is 22.7 Å². The maximum atomic E-state index is 12.6. The fraction of sp³-hybridized carbons (Fsp3) is 0.167. The van der Waals surface area contributed by atoms with Crippen LogP contribution in [0.2, 0.25) is 0 Å². The molecule has 9 heteroatoms. The molecule has 166 valence electrons. The predicted molar refractivity (Wildman–Crippen MR) is 134 cm³/mol. The molecule has 1 amide bonds. The molecule has 0 saturated heterocycles. The molecule has 2 aromatic carbocycles. The molecule has 0 atom stereocenters. The van der Waals surface area contributed by atoms with Crippen LogP contribution in [0.15, 0.2) is 52.6 Å². The number of amides is 1. The number of anilines is 1. The smallest absolute Gasteiger partial charge is 0.262 e. The molecule has 7 nitrogen and oxygen atoms in total. The Labute approximate surface area is 197 Å². The highest BCUT2D eigenvalue weighted by atomic mass is 32.1. The molecule has 3 heterocycles. The van der Waals surface area contributed by atoms with Crippen LogP contribution in [0.25, 0.3) is 31.7 Å². The molecule has 0 radical (unpaired) electrons. The van der Waals surface area contributed by atoms with Gasteiger partial charge in [-0.25, -0.2) is 9.97 Å². The molecule has 0 aliphatic carbocycles. The number of carbonyl (C=O) groups is 1. The summed E-state index contributed by atoms with van der Waals surface area (Å²) in [6, 6.07) is 12.6. The number of benzene rings is 2. The summed E-state index contributed by atoms with van der Waals surface area (Å²) >= 11 is 3.23. The van der Waals surface area contributed by atoms with Crippen molar-refractivity contribution in [1.82, 2.24) is 15.0 Å². The Morgan fingerprint density at radius 1 is 1.18 bits per heavy atom. The summed E-state index contributed by atoms with van der Waals surface area (Å²) in [5.74, 6) is 0.865. The molecular weight excluding hydrogens is 456 g/mol. The number of hydrogen-bond donors (Lipinski definition) is 2. The average Bonchev–Trinajstić information content (AvgIpc) is 3.43. The minimum atomic E-state index is -0.278. The van der Waals surface area contributed by atoms with Gasteiger partial charge in [0, 0.05) is 34.5 Å². The molecule has 0 saturated carbocycles. The molecule has 33 heavy (non-hydrogen) atoms. The first-order valence-corrected chi connectivity index (χ1v) is 12.1. The lowest BCUT2D eigenvalue weighted by atomic mass is 10.1. The normalized spacial score (nSPS) is 11.2. The molecule has 5 aromatic rings. The Kier molecular flexibility index (Phi) is 5.65. The second-order valence-corrected chi connectivity index (χ2v) is 9.63. The number of thiazole rings is 1. The van der Waals surface area contributed by atoms with Crippen molar-refractivity contribution in [3.05, 3.63) is 68.9 Å². The summed E-state index contributed by atoms with van der Waals surface area (Å²) in [4.78, 5) is 36.4. The van der Waals surface area contributed by atoms with Gasteiger partial charge in [-0.1, -0.05) is 19.1 Å². The number of H-pyrrole nitrogens is 1. The summed E-state index contributed by atoms with van der Waals surface area (Å²) in [6.45, 7) is 3.80. The van der Waals surface area contributed by atoms with E-state index in [4.69, 9.17) is 4.74 Å². The zero-order valence-electron chi connectivity index (χ0n) is 18.0. The van der Waals surface area contributed by atoms with Crippen molar-refractivity contribution in [2.24, 2.45) is 0 Å². The first-order chi connectivity index (χ1) is 16.0. The maximum absolute atomic E-state index is 12.6. The largest absolute Gasteiger partial charge is 0.483 e. The van der Waals surface area contributed by atoms with Gasteiger partial charge in [0.1, 0.15) is 11.6 Å². The van der Waals surface area contributed by atoms with Crippen molar-refractivity contribution < 1.29 is 9.53 Å². The van der Waals surface area contributed by atoms with E-state index in [1.165, 1.54) is 6.07 Å². The van der Waals surface area contributed by atoms with Crippen LogP contribution in [0.4, 0.5) is 5.69 Å². The first kappa shape index (κ1) is 21.3. The second kappa shape index (κ2) is 8.76. The molecule has 0 bridgehead atoms. The van der Waals surface area contributed by atoms with Crippen LogP contribution in [-0.2, 0) is 11.2 Å². The number of ether oxygens (including phenoxy) is 1. The van der Waals surface area contributed by atoms with E-state index in [9.17, 15) is 9.59 Å². The molecule has 0 unspecified atom stereocenters. The number of nitrogens with one attached hydrogen (secondary N) is 2. The number of hydrogen-bond acceptors (Lipinski definition) is 7. The zero-order valence-corrected chi connectivity index (χ0v) is 19.6. The second-order valence-electron chi connectivity index (χ2n) is 7.47. The minimum Gasteiger partial charge on any atom is -0.483 e. The highest BCUT2D eigenvalue weighted by Gasteiger charge is 2.14. The van der Waals surface area contributed by atoms with E-state index in [1.54, 1.807) is 40.9 Å². The van der Waals surface area contributed by atoms with Crippen molar-refractivity contribution >= 4 is 54.6 Å². The Morgan fingerprint density at radius 3 is 2.91 bits per heavy atom. The molecule has 2 N–H and O–H groups in total. The number of aromatic amines is 1. The van der Waals surface area contributed by atoms with Crippen molar-refractivity contribution in [3.8, 4) is 17.1 Å². The summed E-state index contributed by atoms with van der Waals surface area (Å²) in [5.41, 5.74) is 2.80. The summed E-state index contributed by atoms with van der Waals surface area (Å²) in [6.07, 6.45) is 0.662. The third-order valence-corrected chi connectivity index (χ3v) is 6.94. The van der Waals surface area contributed by atoms with Crippen molar-refractivity contribution in [2.45, 2.75) is 20.3 Å². The van der Waals surface area contributed by atoms with Crippen LogP contribution < -0.4 is 15.6 Å². The van der Waals surface area contributed by atoms with Gasteiger partial charge in [-0.2, -0.15) is 0 Å². The lowest BCUT2D eigenvalue weighted by molar-refractivity contribution is -0.118. The van der Waals surface area contributed by atoms with Crippen molar-refractivity contribution in [2.75, 3.05) is 11.9 Å². The third-order valence-electron chi connectivity index (χ3n) is 5.10. The molecule has 0 aliphatic rings. The fourth-order valence-electron chi connectivity index (χ4n) is 3.62. The monoisotopic (exact) mass is 476 g/mol. The van der Waals surface area contributed by atoms with E-state index in [-0.39, 0.29) is 18.1 Å². The standard InChI is InChI=1S/C24H20N4O3S2/c1-3-15-10-20(29)28-24(27-15)14-5-4-6-16(9-14)26-21(30)12-31-18-11-19-22(25-13(2)33-19)23-17(18)7-8-32-23/h4-11H,3,12H2,1-2H3,(H,26,30)(H,27,28,29). The lowest BCUT2D eigenvalue weighted by Crippen LogP contribution is -2.20. The number of fused-ring (bicyclic) bond motifs is 3. The van der Waals surface area contributed by atoms with E-state index in [1.807, 2.05) is 37.4 Å². The summed E-state index contributed by atoms with van der Waals surface area (Å²) in [7, 11) is 0. The van der Waals surface area contributed by atoms with Crippen LogP contribution in [0, 0.1) is 6.92 Å². The van der Waals surface area contributed by atoms with Crippen LogP contribution in [-0.4, -0.2) is 27.5 Å². The Morgan fingerprint density at radius 2 is 2.06 bits per heavy atom. The summed E-state index contributed by atoms with van der Waals surface area (Å²) < 4.78 is 8.01. The third kappa shape index (κ3) is 4.37. The fourth-order valence-corrected chi connectivity index (χ4v) is 5.45. The number of aromatic nitrogens is 3. The molecule has 0 spiro atoms. The van der Waals surface area contributed by atoms with Crippen molar-refractivity contribution in [3.63, 3.8) is 0 Å². The molecule has 0 aliphatic heterocycles. The van der Waals surface area contributed by atoms with Gasteiger partial charge in [0.25, 0.3) is 11.5 Å². The molecule has 3 aromatic heterocycles. The number of aryl methyl sites for hydroxylation is 2. The topological polar surface area (TPSA) is 97.0 Å². The molecular formula is C24H20N4O3S2. The first-order valence-electron chi connectivity index (χ1n) is 10.4. The quantitative estimate of drug-likeness (QED) is 0.353. The van der Waals surface area contributed by atoms with Gasteiger partial charge in [-0.15, -0.1) is 22.7 Å². The Hall–Kier alpha value is -3.56. The highest BCUT2D eigenvalue weighted by molar-refractivity contribution is 7.21. The van der Waals surface area contributed by atoms with E-state index >= 15 is 0 Å². The van der Waals surface area contributed by atoms with Gasteiger partial charge < -0.3 is 15.0 Å². The van der Waals surface area contributed by atoms with Gasteiger partial charge in [-0.3, -0.25) is 9.59 Å². The van der Waals surface area contributed by atoms with Gasteiger partial charge in [0.05, 0.1) is 19.9 Å². The van der Waals surface area contributed by atoms with Gasteiger partial charge in [-0.05, 0) is 36.9 Å². The maximum Gasteiger partial charge on any atom is 0.262 e. The number of thiophene rings is 1. The molecule has 0 fully saturated rings. The number of nitrogens with zero attached hydrogens (tertiary/aromatic N) is 2. The van der Waals surface area contributed by atoms with E-state index < -0.39 is 0 Å². The predicted octanol–water partition coefficient (Wildman–Crippen LogP) is 5.15. The number of rotatable bonds is 6. The lowest BCUT2D eigenvalue weighted by Gasteiger charge is -2.10.